The molecule has 0 aromatic carbocycles. The molecule has 0 saturated carbocycles. The summed E-state index contributed by atoms with van der Waals surface area (Å²) in [5, 5.41) is 9.14. The smallest absolute Gasteiger partial charge is 0.308 e. The summed E-state index contributed by atoms with van der Waals surface area (Å²) >= 11 is 0. The molecule has 0 aromatic heterocycles. The molecule has 1 heterocycles. The minimum absolute atomic E-state index is 0.0275. The van der Waals surface area contributed by atoms with Crippen LogP contribution in [0.2, 0.25) is 0 Å². The highest BCUT2D eigenvalue weighted by Crippen LogP contribution is 2.40. The van der Waals surface area contributed by atoms with Crippen LogP contribution in [-0.4, -0.2) is 36.5 Å². The highest BCUT2D eigenvalue weighted by molar-refractivity contribution is 5.70. The van der Waals surface area contributed by atoms with E-state index >= 15 is 0 Å². The molecule has 0 bridgehead atoms. The van der Waals surface area contributed by atoms with Gasteiger partial charge in [-0.3, -0.25) is 4.79 Å². The first-order chi connectivity index (χ1) is 7.41. The van der Waals surface area contributed by atoms with Crippen molar-refractivity contribution < 1.29 is 19.4 Å². The molecule has 0 aromatic rings. The Kier molecular flexibility index (Phi) is 4.33. The summed E-state index contributed by atoms with van der Waals surface area (Å²) < 4.78 is 10.6. The molecule has 4 atom stereocenters. The van der Waals surface area contributed by atoms with E-state index in [2.05, 4.69) is 11.7 Å². The van der Waals surface area contributed by atoms with Crippen molar-refractivity contribution in [1.82, 2.24) is 0 Å². The van der Waals surface area contributed by atoms with Crippen molar-refractivity contribution >= 4 is 5.97 Å². The molecule has 0 spiro atoms. The Morgan fingerprint density at radius 2 is 2.31 bits per heavy atom. The van der Waals surface area contributed by atoms with Crippen LogP contribution in [0.25, 0.3) is 0 Å². The van der Waals surface area contributed by atoms with Crippen LogP contribution in [0.15, 0.2) is 0 Å². The molecule has 0 aliphatic carbocycles. The van der Waals surface area contributed by atoms with Crippen LogP contribution in [-0.2, 0) is 14.3 Å². The predicted octanol–water partition coefficient (Wildman–Crippen LogP) is 1.36. The highest BCUT2D eigenvalue weighted by Gasteiger charge is 2.44. The Labute approximate surface area is 96.9 Å². The molecular weight excluding hydrogens is 208 g/mol. The van der Waals surface area contributed by atoms with Gasteiger partial charge in [0, 0.05) is 12.5 Å². The lowest BCUT2D eigenvalue weighted by Gasteiger charge is -2.25. The van der Waals surface area contributed by atoms with Crippen molar-refractivity contribution in [3.8, 4) is 0 Å². The Balaban J connectivity index is 2.63. The maximum atomic E-state index is 11.3. The van der Waals surface area contributed by atoms with Gasteiger partial charge in [0.25, 0.3) is 0 Å². The molecule has 0 amide bonds. The number of rotatable bonds is 4. The highest BCUT2D eigenvalue weighted by atomic mass is 16.5. The van der Waals surface area contributed by atoms with E-state index in [1.54, 1.807) is 0 Å². The fourth-order valence-electron chi connectivity index (χ4n) is 2.56. The molecule has 16 heavy (non-hydrogen) atoms. The molecule has 94 valence electrons. The standard InChI is InChI=1S/C12H22O4/c1-8-5-12(3,6-10(14)15-4)16-11(8)9(2)7-13/h8-9,11,13H,5-7H2,1-4H3/t8-,9+,11+,12?/m0/s1. The van der Waals surface area contributed by atoms with Gasteiger partial charge >= 0.3 is 5.97 Å². The number of esters is 1. The lowest BCUT2D eigenvalue weighted by Crippen LogP contribution is -2.31. The van der Waals surface area contributed by atoms with Crippen molar-refractivity contribution in [2.45, 2.75) is 45.3 Å². The quantitative estimate of drug-likeness (QED) is 0.741. The van der Waals surface area contributed by atoms with Gasteiger partial charge in [-0.25, -0.2) is 0 Å². The van der Waals surface area contributed by atoms with Crippen LogP contribution >= 0.6 is 0 Å². The Bertz CT molecular complexity index is 253. The normalized spacial score (nSPS) is 36.1. The van der Waals surface area contributed by atoms with Crippen molar-refractivity contribution in [2.75, 3.05) is 13.7 Å². The molecule has 1 fully saturated rings. The van der Waals surface area contributed by atoms with Gasteiger partial charge in [-0.1, -0.05) is 13.8 Å². The SMILES string of the molecule is COC(=O)CC1(C)C[C@H](C)[C@H]([C@H](C)CO)O1. The molecule has 1 saturated heterocycles. The molecule has 4 heteroatoms. The summed E-state index contributed by atoms with van der Waals surface area (Å²) in [4.78, 5) is 11.3. The number of aliphatic hydroxyl groups excluding tert-OH is 1. The van der Waals surface area contributed by atoms with E-state index < -0.39 is 5.60 Å². The zero-order valence-electron chi connectivity index (χ0n) is 10.5. The van der Waals surface area contributed by atoms with Gasteiger partial charge in [0.15, 0.2) is 0 Å². The second-order valence-corrected chi connectivity index (χ2v) is 5.13. The number of hydrogen-bond donors (Lipinski definition) is 1. The zero-order valence-corrected chi connectivity index (χ0v) is 10.5. The van der Waals surface area contributed by atoms with Gasteiger partial charge in [-0.2, -0.15) is 0 Å². The second-order valence-electron chi connectivity index (χ2n) is 5.13. The third kappa shape index (κ3) is 2.95. The van der Waals surface area contributed by atoms with Gasteiger partial charge in [0.1, 0.15) is 0 Å². The fraction of sp³-hybridized carbons (Fsp3) is 0.917. The molecular formula is C12H22O4. The van der Waals surface area contributed by atoms with Crippen molar-refractivity contribution in [3.05, 3.63) is 0 Å². The van der Waals surface area contributed by atoms with Gasteiger partial charge in [0.2, 0.25) is 0 Å². The van der Waals surface area contributed by atoms with Crippen LogP contribution in [0.1, 0.15) is 33.6 Å². The maximum absolute atomic E-state index is 11.3. The molecule has 1 rings (SSSR count). The van der Waals surface area contributed by atoms with Gasteiger partial charge in [-0.05, 0) is 19.3 Å². The molecule has 1 aliphatic rings. The summed E-state index contributed by atoms with van der Waals surface area (Å²) in [6.07, 6.45) is 1.14. The predicted molar refractivity (Wildman–Crippen MR) is 59.9 cm³/mol. The summed E-state index contributed by atoms with van der Waals surface area (Å²) in [5.74, 6) is 0.221. The van der Waals surface area contributed by atoms with Crippen LogP contribution < -0.4 is 0 Å². The molecule has 1 unspecified atom stereocenters. The molecule has 0 radical (unpaired) electrons. The molecule has 4 nitrogen and oxygen atoms in total. The third-order valence-corrected chi connectivity index (χ3v) is 3.33. The largest absolute Gasteiger partial charge is 0.469 e. The minimum Gasteiger partial charge on any atom is -0.469 e. The van der Waals surface area contributed by atoms with Crippen molar-refractivity contribution in [2.24, 2.45) is 11.8 Å². The van der Waals surface area contributed by atoms with Crippen LogP contribution in [0, 0.1) is 11.8 Å². The van der Waals surface area contributed by atoms with Crippen LogP contribution in [0.4, 0.5) is 0 Å². The second kappa shape index (κ2) is 5.15. The monoisotopic (exact) mass is 230 g/mol. The molecule has 1 aliphatic heterocycles. The van der Waals surface area contributed by atoms with E-state index in [-0.39, 0.29) is 31.0 Å². The summed E-state index contributed by atoms with van der Waals surface area (Å²) in [5.41, 5.74) is -0.444. The Morgan fingerprint density at radius 1 is 1.69 bits per heavy atom. The average Bonchev–Trinajstić information content (AvgIpc) is 2.52. The number of methoxy groups -OCH3 is 1. The van der Waals surface area contributed by atoms with Crippen LogP contribution in [0.5, 0.6) is 0 Å². The van der Waals surface area contributed by atoms with E-state index in [0.29, 0.717) is 5.92 Å². The first-order valence-corrected chi connectivity index (χ1v) is 5.77. The first-order valence-electron chi connectivity index (χ1n) is 5.77. The fourth-order valence-corrected chi connectivity index (χ4v) is 2.56. The van der Waals surface area contributed by atoms with Gasteiger partial charge < -0.3 is 14.6 Å². The summed E-state index contributed by atoms with van der Waals surface area (Å²) in [7, 11) is 1.39. The topological polar surface area (TPSA) is 55.8 Å². The first kappa shape index (κ1) is 13.5. The van der Waals surface area contributed by atoms with Crippen LogP contribution in [0.3, 0.4) is 0 Å². The van der Waals surface area contributed by atoms with Gasteiger partial charge in [-0.15, -0.1) is 0 Å². The Hall–Kier alpha value is -0.610. The lowest BCUT2D eigenvalue weighted by atomic mass is 9.88. The minimum atomic E-state index is -0.444. The van der Waals surface area contributed by atoms with E-state index in [0.717, 1.165) is 6.42 Å². The van der Waals surface area contributed by atoms with E-state index in [1.165, 1.54) is 7.11 Å². The summed E-state index contributed by atoms with van der Waals surface area (Å²) in [6, 6.07) is 0. The number of aliphatic hydroxyl groups is 1. The summed E-state index contributed by atoms with van der Waals surface area (Å²) in [6.45, 7) is 6.11. The maximum Gasteiger partial charge on any atom is 0.308 e. The number of carbonyl (C=O) groups excluding carboxylic acids is 1. The lowest BCUT2D eigenvalue weighted by molar-refractivity contribution is -0.148. The number of hydrogen-bond acceptors (Lipinski definition) is 4. The molecule has 1 N–H and O–H groups in total. The number of carbonyl (C=O) groups is 1. The number of ether oxygens (including phenoxy) is 2. The Morgan fingerprint density at radius 3 is 2.81 bits per heavy atom. The zero-order chi connectivity index (χ0) is 12.3. The van der Waals surface area contributed by atoms with E-state index in [9.17, 15) is 4.79 Å². The third-order valence-electron chi connectivity index (χ3n) is 3.33. The van der Waals surface area contributed by atoms with Gasteiger partial charge in [0.05, 0.1) is 25.2 Å². The van der Waals surface area contributed by atoms with E-state index in [4.69, 9.17) is 9.84 Å². The van der Waals surface area contributed by atoms with Crippen molar-refractivity contribution in [3.63, 3.8) is 0 Å². The van der Waals surface area contributed by atoms with E-state index in [1.807, 2.05) is 13.8 Å². The average molecular weight is 230 g/mol. The van der Waals surface area contributed by atoms with Crippen molar-refractivity contribution in [1.29, 1.82) is 0 Å².